The molecular weight excluding hydrogens is 1030 g/mol. The number of thioether (sulfide) groups is 1. The van der Waals surface area contributed by atoms with Crippen molar-refractivity contribution in [1.82, 2.24) is 50.4 Å². The highest BCUT2D eigenvalue weighted by Gasteiger charge is 2.43. The topological polar surface area (TPSA) is 240 Å². The lowest BCUT2D eigenvalue weighted by Crippen LogP contribution is -2.58. The van der Waals surface area contributed by atoms with Gasteiger partial charge in [0.1, 0.15) is 35.5 Å². The number of nitriles is 1. The molecule has 0 spiro atoms. The van der Waals surface area contributed by atoms with Crippen molar-refractivity contribution in [3.63, 3.8) is 0 Å². The highest BCUT2D eigenvalue weighted by atomic mass is 32.2. The van der Waals surface area contributed by atoms with Crippen LogP contribution in [0.4, 0.5) is 20.4 Å². The molecule has 0 saturated carbocycles. The van der Waals surface area contributed by atoms with E-state index in [2.05, 4.69) is 31.9 Å². The fraction of sp³-hybridized carbons (Fsp3) is 0.544. The number of likely N-dealkylation sites (tertiary alicyclic amines) is 2. The summed E-state index contributed by atoms with van der Waals surface area (Å²) < 4.78 is 29.8. The van der Waals surface area contributed by atoms with Gasteiger partial charge < -0.3 is 41.3 Å². The molecule has 7 heterocycles. The molecule has 5 atom stereocenters. The molecule has 0 radical (unpaired) electrons. The minimum Gasteiger partial charge on any atom is -0.381 e. The third-order valence-corrected chi connectivity index (χ3v) is 17.4. The number of carbonyl (C=O) groups excluding carboxylic acids is 5. The quantitative estimate of drug-likeness (QED) is 0.0583. The first kappa shape index (κ1) is 56.9. The number of unbranched alkanes of at least 4 members (excludes halogenated alkanes) is 5. The van der Waals surface area contributed by atoms with Crippen molar-refractivity contribution in [3.05, 3.63) is 88.4 Å². The van der Waals surface area contributed by atoms with Crippen LogP contribution in [0.1, 0.15) is 134 Å². The maximum atomic E-state index is 14.7. The average molecular weight is 1100 g/mol. The van der Waals surface area contributed by atoms with Gasteiger partial charge in [0.25, 0.3) is 5.91 Å². The van der Waals surface area contributed by atoms with E-state index in [9.17, 15) is 38.0 Å². The molecular formula is C57H72F2N14O5S. The molecule has 9 rings (SSSR count). The summed E-state index contributed by atoms with van der Waals surface area (Å²) in [7, 11) is 3.37. The van der Waals surface area contributed by atoms with Crippen molar-refractivity contribution in [2.45, 2.75) is 134 Å². The van der Waals surface area contributed by atoms with Gasteiger partial charge in [0.15, 0.2) is 17.4 Å². The van der Waals surface area contributed by atoms with Crippen LogP contribution in [0.25, 0.3) is 11.3 Å². The standard InChI is InChI=1S/C57H72F2N14O5S/c1-35(62-2)54(76)67-50(57(78)72-26-11-13-46(72)55-66-44(34-79-55)51(75)37-15-17-38(58)18-16-37)36-21-27-70(28-22-36)24-9-7-5-4-6-8-14-48(74)63-23-29-73-47(31-60)49-42-32-64-52(61)53(65-42)71-25-10-12-45(71)41-30-39(59)19-20-40(41)56(77)69(3)33-43(49)68-73/h15-20,30,32,35-36,44-46,50,62H,4-14,21-29,33-34H2,1-3H3,(H2,61,64)(H,63,74)(H,67,76)/t35-,44?,45-,46?,50-/m1/s1. The Morgan fingerprint density at radius 1 is 0.911 bits per heavy atom. The molecule has 3 saturated heterocycles. The van der Waals surface area contributed by atoms with E-state index in [0.717, 1.165) is 95.3 Å². The Bertz CT molecular complexity index is 2960. The molecule has 420 valence electrons. The summed E-state index contributed by atoms with van der Waals surface area (Å²) in [4.78, 5) is 90.0. The normalized spacial score (nSPS) is 20.3. The van der Waals surface area contributed by atoms with E-state index in [0.29, 0.717) is 71.1 Å². The third kappa shape index (κ3) is 13.1. The number of ketones is 1. The number of aliphatic imine (C=N–C) groups is 1. The number of hydrogen-bond donors (Lipinski definition) is 4. The Hall–Kier alpha value is -6.83. The molecule has 5 aliphatic rings. The van der Waals surface area contributed by atoms with Crippen LogP contribution in [0.2, 0.25) is 0 Å². The molecule has 4 aromatic rings. The molecule has 2 aromatic heterocycles. The van der Waals surface area contributed by atoms with E-state index >= 15 is 0 Å². The smallest absolute Gasteiger partial charge is 0.254 e. The van der Waals surface area contributed by atoms with Gasteiger partial charge in [0.05, 0.1) is 59.4 Å². The number of carbonyl (C=O) groups is 5. The molecule has 5 N–H and O–H groups in total. The summed E-state index contributed by atoms with van der Waals surface area (Å²) in [5, 5.41) is 25.2. The van der Waals surface area contributed by atoms with E-state index < -0.39 is 29.8 Å². The van der Waals surface area contributed by atoms with Gasteiger partial charge >= 0.3 is 0 Å². The van der Waals surface area contributed by atoms with E-state index in [1.165, 1.54) is 70.0 Å². The molecule has 0 aliphatic carbocycles. The van der Waals surface area contributed by atoms with Crippen LogP contribution in [0, 0.1) is 28.9 Å². The minimum absolute atomic E-state index is 0.0291. The van der Waals surface area contributed by atoms with Crippen molar-refractivity contribution in [2.75, 3.05) is 69.8 Å². The van der Waals surface area contributed by atoms with Gasteiger partial charge in [-0.05, 0) is 139 Å². The molecule has 3 fully saturated rings. The van der Waals surface area contributed by atoms with Gasteiger partial charge in [-0.3, -0.25) is 33.6 Å². The Morgan fingerprint density at radius 3 is 2.39 bits per heavy atom. The number of benzene rings is 2. The molecule has 5 aliphatic heterocycles. The second kappa shape index (κ2) is 26.0. The number of hydrogen-bond acceptors (Lipinski definition) is 15. The summed E-state index contributed by atoms with van der Waals surface area (Å²) >= 11 is 1.50. The molecule has 2 unspecified atom stereocenters. The molecule has 19 nitrogen and oxygen atoms in total. The summed E-state index contributed by atoms with van der Waals surface area (Å²) in [6, 6.07) is 9.63. The first-order chi connectivity index (χ1) is 38.2. The second-order valence-corrected chi connectivity index (χ2v) is 22.5. The Kier molecular flexibility index (Phi) is 18.7. The van der Waals surface area contributed by atoms with Gasteiger partial charge in [0, 0.05) is 50.0 Å². The first-order valence-corrected chi connectivity index (χ1v) is 28.9. The van der Waals surface area contributed by atoms with Crippen LogP contribution in [-0.2, 0) is 27.5 Å². The van der Waals surface area contributed by atoms with E-state index in [1.807, 2.05) is 9.80 Å². The van der Waals surface area contributed by atoms with Crippen molar-refractivity contribution < 1.29 is 32.8 Å². The number of likely N-dealkylation sites (N-methyl/N-ethyl adjacent to an activating group) is 1. The zero-order valence-corrected chi connectivity index (χ0v) is 46.2. The predicted molar refractivity (Wildman–Crippen MR) is 298 cm³/mol. The number of nitrogens with zero attached hydrogens (tertiary/aromatic N) is 10. The number of nitrogen functional groups attached to an aromatic ring is 1. The second-order valence-electron chi connectivity index (χ2n) is 21.5. The fourth-order valence-electron chi connectivity index (χ4n) is 11.7. The lowest BCUT2D eigenvalue weighted by atomic mass is 9.88. The van der Waals surface area contributed by atoms with Gasteiger partial charge in [-0.25, -0.2) is 18.7 Å². The molecule has 22 heteroatoms. The zero-order chi connectivity index (χ0) is 55.7. The van der Waals surface area contributed by atoms with Crippen molar-refractivity contribution in [1.29, 1.82) is 5.26 Å². The largest absolute Gasteiger partial charge is 0.381 e. The maximum Gasteiger partial charge on any atom is 0.254 e. The lowest BCUT2D eigenvalue weighted by molar-refractivity contribution is -0.138. The maximum absolute atomic E-state index is 14.7. The highest BCUT2D eigenvalue weighted by molar-refractivity contribution is 8.14. The fourth-order valence-corrected chi connectivity index (χ4v) is 12.9. The number of nitrogens with one attached hydrogen (secondary N) is 3. The minimum atomic E-state index is -0.676. The Morgan fingerprint density at radius 2 is 1.63 bits per heavy atom. The zero-order valence-electron chi connectivity index (χ0n) is 45.4. The van der Waals surface area contributed by atoms with Crippen LogP contribution < -0.4 is 26.6 Å². The Balaban J connectivity index is 0.711. The third-order valence-electron chi connectivity index (χ3n) is 16.2. The number of fused-ring (bicyclic) bond motifs is 8. The van der Waals surface area contributed by atoms with Crippen LogP contribution in [-0.4, -0.2) is 152 Å². The number of anilines is 2. The van der Waals surface area contributed by atoms with Crippen LogP contribution in [0.5, 0.6) is 0 Å². The average Bonchev–Trinajstić information content (AvgIpc) is 4.36. The van der Waals surface area contributed by atoms with Gasteiger partial charge in [-0.2, -0.15) is 10.4 Å². The van der Waals surface area contributed by atoms with Crippen LogP contribution in [0.15, 0.2) is 53.7 Å². The number of nitrogens with two attached hydrogens (primary N) is 1. The van der Waals surface area contributed by atoms with Crippen LogP contribution in [0.3, 0.4) is 0 Å². The van der Waals surface area contributed by atoms with Crippen molar-refractivity contribution in [2.24, 2.45) is 10.9 Å². The van der Waals surface area contributed by atoms with Gasteiger partial charge in [-0.1, -0.05) is 25.7 Å². The monoisotopic (exact) mass is 1100 g/mol. The number of Topliss-reactive ketones (excluding diaryl/α,β-unsaturated/α-hetero) is 1. The summed E-state index contributed by atoms with van der Waals surface area (Å²) in [6.07, 6.45) is 12.2. The Labute approximate surface area is 464 Å². The highest BCUT2D eigenvalue weighted by Crippen LogP contribution is 2.41. The van der Waals surface area contributed by atoms with Gasteiger partial charge in [0.2, 0.25) is 17.7 Å². The summed E-state index contributed by atoms with van der Waals surface area (Å²) in [5.41, 5.74) is 9.19. The van der Waals surface area contributed by atoms with E-state index in [1.54, 1.807) is 21.0 Å². The predicted octanol–water partition coefficient (Wildman–Crippen LogP) is 6.04. The van der Waals surface area contributed by atoms with Gasteiger partial charge in [-0.15, -0.1) is 11.8 Å². The number of amides is 4. The molecule has 79 heavy (non-hydrogen) atoms. The van der Waals surface area contributed by atoms with Crippen molar-refractivity contribution >= 4 is 57.9 Å². The lowest BCUT2D eigenvalue weighted by Gasteiger charge is -2.38. The number of piperidine rings is 1. The van der Waals surface area contributed by atoms with Crippen molar-refractivity contribution in [3.8, 4) is 17.3 Å². The molecule has 4 amide bonds. The summed E-state index contributed by atoms with van der Waals surface area (Å²) in [5.74, 6) is -0.724. The number of aromatic nitrogens is 4. The van der Waals surface area contributed by atoms with E-state index in [-0.39, 0.29) is 78.6 Å². The number of halogens is 2. The first-order valence-electron chi connectivity index (χ1n) is 27.9. The SMILES string of the molecule is CN[C@H](C)C(=O)N[C@@H](C(=O)N1CCCC1C1=NC(C(=O)c2ccc(F)cc2)CS1)C1CCN(CCCCCCCCC(=O)NCCn2nc3c(c2C#N)-c2cnc(N)c(n2)N2CCC[C@@H]2c2cc(F)ccc2C(=O)N(C)C3)CC1. The summed E-state index contributed by atoms with van der Waals surface area (Å²) in [6.45, 7) is 5.98. The molecule has 2 bridgehead atoms. The molecule has 2 aromatic carbocycles. The van der Waals surface area contributed by atoms with Crippen LogP contribution >= 0.6 is 11.8 Å². The number of rotatable bonds is 20. The van der Waals surface area contributed by atoms with E-state index in [4.69, 9.17) is 20.8 Å².